The van der Waals surface area contributed by atoms with Crippen LogP contribution < -0.4 is 15.4 Å². The number of hydrogen-bond acceptors (Lipinski definition) is 4. The van der Waals surface area contributed by atoms with E-state index in [1.54, 1.807) is 6.07 Å². The maximum atomic E-state index is 12.3. The third kappa shape index (κ3) is 3.72. The van der Waals surface area contributed by atoms with Gasteiger partial charge in [0.15, 0.2) is 0 Å². The summed E-state index contributed by atoms with van der Waals surface area (Å²) in [6.07, 6.45) is 1.79. The lowest BCUT2D eigenvalue weighted by Gasteiger charge is -2.27. The quantitative estimate of drug-likeness (QED) is 0.786. The fourth-order valence-corrected chi connectivity index (χ4v) is 2.47. The molecule has 1 aromatic carbocycles. The van der Waals surface area contributed by atoms with Crippen LogP contribution in [0.15, 0.2) is 18.2 Å². The number of ether oxygens (including phenoxy) is 1. The smallest absolute Gasteiger partial charge is 0.337 e. The van der Waals surface area contributed by atoms with E-state index in [1.807, 2.05) is 0 Å². The summed E-state index contributed by atoms with van der Waals surface area (Å²) in [4.78, 5) is 23.5. The zero-order valence-electron chi connectivity index (χ0n) is 12.2. The van der Waals surface area contributed by atoms with E-state index in [0.29, 0.717) is 11.7 Å². The number of carbonyl (C=O) groups excluding carboxylic acids is 1. The van der Waals surface area contributed by atoms with E-state index in [4.69, 9.17) is 4.74 Å². The molecular formula is C15H20N2O4. The predicted molar refractivity (Wildman–Crippen MR) is 78.8 cm³/mol. The van der Waals surface area contributed by atoms with Gasteiger partial charge in [0.2, 0.25) is 5.91 Å². The van der Waals surface area contributed by atoms with Crippen LogP contribution in [0.3, 0.4) is 0 Å². The highest BCUT2D eigenvalue weighted by Crippen LogP contribution is 2.24. The van der Waals surface area contributed by atoms with Crippen LogP contribution in [0.2, 0.25) is 0 Å². The Hall–Kier alpha value is -2.08. The Morgan fingerprint density at radius 2 is 2.19 bits per heavy atom. The first-order valence-electron chi connectivity index (χ1n) is 6.97. The van der Waals surface area contributed by atoms with Gasteiger partial charge in [-0.2, -0.15) is 0 Å². The zero-order chi connectivity index (χ0) is 15.4. The molecule has 6 nitrogen and oxygen atoms in total. The summed E-state index contributed by atoms with van der Waals surface area (Å²) in [5, 5.41) is 15.0. The van der Waals surface area contributed by atoms with Crippen LogP contribution >= 0.6 is 0 Å². The Bertz CT molecular complexity index is 544. The number of amides is 1. The maximum Gasteiger partial charge on any atom is 0.337 e. The molecule has 114 valence electrons. The summed E-state index contributed by atoms with van der Waals surface area (Å²) in [5.74, 6) is -0.318. The molecule has 2 unspecified atom stereocenters. The molecule has 0 aromatic heterocycles. The van der Waals surface area contributed by atoms with Crippen molar-refractivity contribution in [3.05, 3.63) is 23.8 Å². The van der Waals surface area contributed by atoms with Crippen LogP contribution in [0.5, 0.6) is 5.75 Å². The number of carbonyl (C=O) groups is 2. The van der Waals surface area contributed by atoms with Crippen molar-refractivity contribution in [2.24, 2.45) is 5.92 Å². The minimum atomic E-state index is -1.09. The molecule has 1 fully saturated rings. The highest BCUT2D eigenvalue weighted by atomic mass is 16.5. The van der Waals surface area contributed by atoms with Crippen LogP contribution in [0, 0.1) is 5.92 Å². The number of piperidine rings is 1. The van der Waals surface area contributed by atoms with Gasteiger partial charge in [-0.05, 0) is 37.4 Å². The van der Waals surface area contributed by atoms with E-state index in [2.05, 4.69) is 17.6 Å². The number of carboxylic acids is 1. The van der Waals surface area contributed by atoms with E-state index >= 15 is 0 Å². The maximum absolute atomic E-state index is 12.3. The first-order valence-corrected chi connectivity index (χ1v) is 6.97. The predicted octanol–water partition coefficient (Wildman–Crippen LogP) is 1.72. The largest absolute Gasteiger partial charge is 0.497 e. The first kappa shape index (κ1) is 15.3. The monoisotopic (exact) mass is 292 g/mol. The fraction of sp³-hybridized carbons (Fsp3) is 0.467. The molecule has 3 N–H and O–H groups in total. The molecule has 1 aliphatic rings. The van der Waals surface area contributed by atoms with Gasteiger partial charge >= 0.3 is 5.97 Å². The van der Waals surface area contributed by atoms with Crippen LogP contribution in [-0.4, -0.2) is 36.7 Å². The number of methoxy groups -OCH3 is 1. The third-order valence-electron chi connectivity index (χ3n) is 3.70. The Labute approximate surface area is 123 Å². The number of aromatic carboxylic acids is 1. The van der Waals surface area contributed by atoms with Gasteiger partial charge in [-0.3, -0.25) is 4.79 Å². The van der Waals surface area contributed by atoms with E-state index < -0.39 is 5.97 Å². The van der Waals surface area contributed by atoms with Gasteiger partial charge in [0.05, 0.1) is 24.4 Å². The summed E-state index contributed by atoms with van der Waals surface area (Å²) in [7, 11) is 1.49. The molecule has 1 aromatic rings. The van der Waals surface area contributed by atoms with Gasteiger partial charge in [-0.15, -0.1) is 0 Å². The van der Waals surface area contributed by atoms with Crippen molar-refractivity contribution in [1.29, 1.82) is 0 Å². The van der Waals surface area contributed by atoms with Crippen molar-refractivity contribution < 1.29 is 19.4 Å². The Morgan fingerprint density at radius 1 is 1.43 bits per heavy atom. The third-order valence-corrected chi connectivity index (χ3v) is 3.70. The molecular weight excluding hydrogens is 272 g/mol. The molecule has 21 heavy (non-hydrogen) atoms. The molecule has 1 heterocycles. The van der Waals surface area contributed by atoms with Crippen molar-refractivity contribution in [3.63, 3.8) is 0 Å². The SMILES string of the molecule is COc1ccc(C(=O)O)c(NC(=O)C2CC(C)CCN2)c1. The fourth-order valence-electron chi connectivity index (χ4n) is 2.47. The highest BCUT2D eigenvalue weighted by molar-refractivity contribution is 6.02. The number of carboxylic acid groups (broad SMARTS) is 1. The van der Waals surface area contributed by atoms with Crippen molar-refractivity contribution >= 4 is 17.6 Å². The number of anilines is 1. The lowest BCUT2D eigenvalue weighted by atomic mass is 9.94. The van der Waals surface area contributed by atoms with Gasteiger partial charge in [-0.1, -0.05) is 6.92 Å². The van der Waals surface area contributed by atoms with E-state index in [0.717, 1.165) is 19.4 Å². The van der Waals surface area contributed by atoms with E-state index in [9.17, 15) is 14.7 Å². The van der Waals surface area contributed by atoms with Crippen molar-refractivity contribution in [1.82, 2.24) is 5.32 Å². The van der Waals surface area contributed by atoms with Crippen LogP contribution in [0.1, 0.15) is 30.1 Å². The average molecular weight is 292 g/mol. The van der Waals surface area contributed by atoms with Crippen LogP contribution in [0.25, 0.3) is 0 Å². The molecule has 1 amide bonds. The second-order valence-corrected chi connectivity index (χ2v) is 5.34. The summed E-state index contributed by atoms with van der Waals surface area (Å²) in [5.41, 5.74) is 0.305. The molecule has 2 atom stereocenters. The lowest BCUT2D eigenvalue weighted by molar-refractivity contribution is -0.119. The number of benzene rings is 1. The second-order valence-electron chi connectivity index (χ2n) is 5.34. The molecule has 0 aliphatic carbocycles. The second kappa shape index (κ2) is 6.58. The molecule has 6 heteroatoms. The molecule has 0 bridgehead atoms. The van der Waals surface area contributed by atoms with Gasteiger partial charge in [-0.25, -0.2) is 4.79 Å². The molecule has 0 spiro atoms. The number of hydrogen-bond donors (Lipinski definition) is 3. The van der Waals surface area contributed by atoms with E-state index in [1.165, 1.54) is 19.2 Å². The van der Waals surface area contributed by atoms with Crippen LogP contribution in [-0.2, 0) is 4.79 Å². The summed E-state index contributed by atoms with van der Waals surface area (Å²) < 4.78 is 5.07. The van der Waals surface area contributed by atoms with Gasteiger partial charge in [0.25, 0.3) is 0 Å². The Kier molecular flexibility index (Phi) is 4.80. The molecule has 0 radical (unpaired) electrons. The highest BCUT2D eigenvalue weighted by Gasteiger charge is 2.25. The molecule has 2 rings (SSSR count). The van der Waals surface area contributed by atoms with Crippen LogP contribution in [0.4, 0.5) is 5.69 Å². The standard InChI is InChI=1S/C15H20N2O4/c1-9-5-6-16-13(7-9)14(18)17-12-8-10(21-2)3-4-11(12)15(19)20/h3-4,8-9,13,16H,5-7H2,1-2H3,(H,17,18)(H,19,20). The zero-order valence-corrected chi connectivity index (χ0v) is 12.2. The minimum Gasteiger partial charge on any atom is -0.497 e. The lowest BCUT2D eigenvalue weighted by Crippen LogP contribution is -2.45. The molecule has 1 aliphatic heterocycles. The number of rotatable bonds is 4. The van der Waals surface area contributed by atoms with Gasteiger partial charge in [0, 0.05) is 6.07 Å². The minimum absolute atomic E-state index is 0.0491. The van der Waals surface area contributed by atoms with Crippen molar-refractivity contribution in [2.75, 3.05) is 19.0 Å². The molecule has 0 saturated carbocycles. The number of nitrogens with one attached hydrogen (secondary N) is 2. The Morgan fingerprint density at radius 3 is 2.81 bits per heavy atom. The molecule has 1 saturated heterocycles. The summed E-state index contributed by atoms with van der Waals surface area (Å²) in [6, 6.07) is 4.21. The Balaban J connectivity index is 2.17. The topological polar surface area (TPSA) is 87.7 Å². The first-order chi connectivity index (χ1) is 10.0. The van der Waals surface area contributed by atoms with E-state index in [-0.39, 0.29) is 23.2 Å². The van der Waals surface area contributed by atoms with Crippen molar-refractivity contribution in [2.45, 2.75) is 25.8 Å². The summed E-state index contributed by atoms with van der Waals surface area (Å²) in [6.45, 7) is 2.90. The normalized spacial score (nSPS) is 21.6. The van der Waals surface area contributed by atoms with Gasteiger partial charge in [0.1, 0.15) is 5.75 Å². The van der Waals surface area contributed by atoms with Crippen molar-refractivity contribution in [3.8, 4) is 5.75 Å². The average Bonchev–Trinajstić information content (AvgIpc) is 2.46. The summed E-state index contributed by atoms with van der Waals surface area (Å²) >= 11 is 0. The van der Waals surface area contributed by atoms with Gasteiger partial charge < -0.3 is 20.5 Å².